The van der Waals surface area contributed by atoms with Gasteiger partial charge in [-0.05, 0) is 36.4 Å². The summed E-state index contributed by atoms with van der Waals surface area (Å²) in [6, 6.07) is 10.9. The number of sulfonamides is 1. The van der Waals surface area contributed by atoms with Crippen LogP contribution in [-0.2, 0) is 14.8 Å². The monoisotopic (exact) mass is 419 g/mol. The third-order valence-corrected chi connectivity index (χ3v) is 7.68. The molecule has 0 radical (unpaired) electrons. The fraction of sp³-hybridized carbons (Fsp3) is 0.368. The highest BCUT2D eigenvalue weighted by molar-refractivity contribution is 7.91. The predicted molar refractivity (Wildman–Crippen MR) is 107 cm³/mol. The first-order chi connectivity index (χ1) is 13.5. The molecule has 0 saturated carbocycles. The van der Waals surface area contributed by atoms with Gasteiger partial charge in [-0.15, -0.1) is 11.3 Å². The third kappa shape index (κ3) is 4.11. The van der Waals surface area contributed by atoms with Crippen molar-refractivity contribution in [3.05, 3.63) is 47.7 Å². The Morgan fingerprint density at radius 3 is 2.93 bits per heavy atom. The molecule has 1 aliphatic heterocycles. The zero-order chi connectivity index (χ0) is 19.6. The standard InChI is InChI=1S/C19H21N3O4S2/c23-17(9-10-20-28(24,25)18-8-4-12-27-18)22-11-3-5-14(13-22)19-21-15-6-1-2-7-16(15)26-19/h1-2,4,6-8,12,14,20H,3,5,9-11,13H2. The van der Waals surface area contributed by atoms with E-state index in [9.17, 15) is 13.2 Å². The summed E-state index contributed by atoms with van der Waals surface area (Å²) in [4.78, 5) is 18.9. The Balaban J connectivity index is 1.34. The summed E-state index contributed by atoms with van der Waals surface area (Å²) < 4.78 is 32.9. The summed E-state index contributed by atoms with van der Waals surface area (Å²) in [5.41, 5.74) is 1.58. The zero-order valence-electron chi connectivity index (χ0n) is 15.2. The van der Waals surface area contributed by atoms with Crippen molar-refractivity contribution in [2.75, 3.05) is 19.6 Å². The number of benzene rings is 1. The average molecular weight is 420 g/mol. The molecule has 148 valence electrons. The molecule has 4 rings (SSSR count). The summed E-state index contributed by atoms with van der Waals surface area (Å²) in [6.45, 7) is 1.31. The maximum absolute atomic E-state index is 12.6. The first-order valence-electron chi connectivity index (χ1n) is 9.19. The quantitative estimate of drug-likeness (QED) is 0.663. The minimum atomic E-state index is -3.54. The normalized spacial score (nSPS) is 17.9. The number of rotatable bonds is 6. The highest BCUT2D eigenvalue weighted by Crippen LogP contribution is 2.29. The summed E-state index contributed by atoms with van der Waals surface area (Å²) in [5, 5.41) is 1.71. The van der Waals surface area contributed by atoms with Crippen LogP contribution in [0, 0.1) is 0 Å². The van der Waals surface area contributed by atoms with E-state index >= 15 is 0 Å². The number of fused-ring (bicyclic) bond motifs is 1. The summed E-state index contributed by atoms with van der Waals surface area (Å²) in [7, 11) is -3.54. The molecule has 1 saturated heterocycles. The number of oxazole rings is 1. The Labute approximate surface area is 167 Å². The lowest BCUT2D eigenvalue weighted by Gasteiger charge is -2.31. The van der Waals surface area contributed by atoms with Gasteiger partial charge >= 0.3 is 0 Å². The predicted octanol–water partition coefficient (Wildman–Crippen LogP) is 2.96. The second kappa shape index (κ2) is 8.02. The van der Waals surface area contributed by atoms with Crippen LogP contribution in [-0.4, -0.2) is 43.8 Å². The zero-order valence-corrected chi connectivity index (χ0v) is 16.8. The number of amides is 1. The molecule has 3 aromatic rings. The molecular formula is C19H21N3O4S2. The molecule has 0 aliphatic carbocycles. The van der Waals surface area contributed by atoms with E-state index in [-0.39, 0.29) is 29.0 Å². The van der Waals surface area contributed by atoms with Crippen LogP contribution < -0.4 is 4.72 Å². The number of nitrogens with one attached hydrogen (secondary N) is 1. The highest BCUT2D eigenvalue weighted by Gasteiger charge is 2.28. The van der Waals surface area contributed by atoms with Crippen LogP contribution in [0.15, 0.2) is 50.4 Å². The maximum Gasteiger partial charge on any atom is 0.250 e. The molecule has 1 aromatic carbocycles. The van der Waals surface area contributed by atoms with Crippen molar-refractivity contribution in [2.24, 2.45) is 0 Å². The van der Waals surface area contributed by atoms with Crippen molar-refractivity contribution in [3.8, 4) is 0 Å². The number of likely N-dealkylation sites (tertiary alicyclic amines) is 1. The molecule has 1 fully saturated rings. The van der Waals surface area contributed by atoms with Crippen molar-refractivity contribution < 1.29 is 17.6 Å². The Morgan fingerprint density at radius 1 is 1.29 bits per heavy atom. The molecule has 2 aromatic heterocycles. The van der Waals surface area contributed by atoms with Gasteiger partial charge in [0.25, 0.3) is 0 Å². The molecule has 1 N–H and O–H groups in total. The topological polar surface area (TPSA) is 92.5 Å². The molecule has 9 heteroatoms. The van der Waals surface area contributed by atoms with Crippen LogP contribution >= 0.6 is 11.3 Å². The van der Waals surface area contributed by atoms with E-state index in [0.29, 0.717) is 19.0 Å². The Morgan fingerprint density at radius 2 is 2.14 bits per heavy atom. The Bertz CT molecular complexity index is 1030. The summed E-state index contributed by atoms with van der Waals surface area (Å²) >= 11 is 1.15. The molecular weight excluding hydrogens is 398 g/mol. The minimum absolute atomic E-state index is 0.0605. The molecule has 28 heavy (non-hydrogen) atoms. The lowest BCUT2D eigenvalue weighted by Crippen LogP contribution is -2.40. The van der Waals surface area contributed by atoms with Gasteiger partial charge in [-0.2, -0.15) is 0 Å². The van der Waals surface area contributed by atoms with Gasteiger partial charge in [-0.3, -0.25) is 4.79 Å². The van der Waals surface area contributed by atoms with Crippen molar-refractivity contribution in [1.29, 1.82) is 0 Å². The summed E-state index contributed by atoms with van der Waals surface area (Å²) in [6.07, 6.45) is 1.92. The fourth-order valence-corrected chi connectivity index (χ4v) is 5.48. The van der Waals surface area contributed by atoms with Gasteiger partial charge < -0.3 is 9.32 Å². The van der Waals surface area contributed by atoms with E-state index in [1.807, 2.05) is 24.3 Å². The lowest BCUT2D eigenvalue weighted by molar-refractivity contribution is -0.132. The number of hydrogen-bond donors (Lipinski definition) is 1. The van der Waals surface area contributed by atoms with Crippen LogP contribution in [0.4, 0.5) is 0 Å². The fourth-order valence-electron chi connectivity index (χ4n) is 3.41. The number of hydrogen-bond acceptors (Lipinski definition) is 6. The van der Waals surface area contributed by atoms with Crippen molar-refractivity contribution >= 4 is 38.4 Å². The van der Waals surface area contributed by atoms with Gasteiger partial charge in [0.05, 0.1) is 5.92 Å². The van der Waals surface area contributed by atoms with E-state index in [4.69, 9.17) is 4.42 Å². The second-order valence-corrected chi connectivity index (χ2v) is 9.72. The molecule has 1 unspecified atom stereocenters. The number of piperidine rings is 1. The third-order valence-electron chi connectivity index (χ3n) is 4.82. The Hall–Kier alpha value is -2.23. The number of carbonyl (C=O) groups excluding carboxylic acids is 1. The number of thiophene rings is 1. The van der Waals surface area contributed by atoms with Gasteiger partial charge in [-0.1, -0.05) is 18.2 Å². The molecule has 0 spiro atoms. The Kier molecular flexibility index (Phi) is 5.47. The van der Waals surface area contributed by atoms with E-state index in [1.165, 1.54) is 0 Å². The van der Waals surface area contributed by atoms with E-state index in [1.54, 1.807) is 22.4 Å². The molecule has 1 atom stereocenters. The van der Waals surface area contributed by atoms with Crippen LogP contribution in [0.1, 0.15) is 31.1 Å². The van der Waals surface area contributed by atoms with Gasteiger partial charge in [0, 0.05) is 26.1 Å². The van der Waals surface area contributed by atoms with Gasteiger partial charge in [0.15, 0.2) is 11.5 Å². The van der Waals surface area contributed by atoms with Gasteiger partial charge in [-0.25, -0.2) is 18.1 Å². The maximum atomic E-state index is 12.6. The van der Waals surface area contributed by atoms with E-state index < -0.39 is 10.0 Å². The van der Waals surface area contributed by atoms with Gasteiger partial charge in [0.2, 0.25) is 15.9 Å². The first kappa shape index (κ1) is 19.1. The largest absolute Gasteiger partial charge is 0.440 e. The van der Waals surface area contributed by atoms with Crippen molar-refractivity contribution in [3.63, 3.8) is 0 Å². The highest BCUT2D eigenvalue weighted by atomic mass is 32.2. The van der Waals surface area contributed by atoms with Crippen molar-refractivity contribution in [1.82, 2.24) is 14.6 Å². The molecule has 7 nitrogen and oxygen atoms in total. The smallest absolute Gasteiger partial charge is 0.250 e. The first-order valence-corrected chi connectivity index (χ1v) is 11.6. The minimum Gasteiger partial charge on any atom is -0.440 e. The SMILES string of the molecule is O=C(CCNS(=O)(=O)c1cccs1)N1CCCC(c2nc3ccccc3o2)C1. The number of nitrogens with zero attached hydrogens (tertiary/aromatic N) is 2. The second-order valence-electron chi connectivity index (χ2n) is 6.78. The van der Waals surface area contributed by atoms with E-state index in [0.717, 1.165) is 35.3 Å². The van der Waals surface area contributed by atoms with Gasteiger partial charge in [0.1, 0.15) is 9.73 Å². The summed E-state index contributed by atoms with van der Waals surface area (Å²) in [5.74, 6) is 0.666. The average Bonchev–Trinajstić information content (AvgIpc) is 3.38. The van der Waals surface area contributed by atoms with E-state index in [2.05, 4.69) is 9.71 Å². The molecule has 1 aliphatic rings. The van der Waals surface area contributed by atoms with Crippen LogP contribution in [0.5, 0.6) is 0 Å². The molecule has 3 heterocycles. The number of carbonyl (C=O) groups is 1. The van der Waals surface area contributed by atoms with Crippen LogP contribution in [0.3, 0.4) is 0 Å². The number of aromatic nitrogens is 1. The number of para-hydroxylation sites is 2. The molecule has 1 amide bonds. The lowest BCUT2D eigenvalue weighted by atomic mass is 9.97. The van der Waals surface area contributed by atoms with Crippen LogP contribution in [0.2, 0.25) is 0 Å². The molecule has 0 bridgehead atoms. The van der Waals surface area contributed by atoms with Crippen LogP contribution in [0.25, 0.3) is 11.1 Å². The van der Waals surface area contributed by atoms with Crippen molar-refractivity contribution in [2.45, 2.75) is 29.4 Å².